The van der Waals surface area contributed by atoms with Gasteiger partial charge in [-0.25, -0.2) is 4.98 Å². The highest BCUT2D eigenvalue weighted by atomic mass is 32.1. The fraction of sp³-hybridized carbons (Fsp3) is 0.300. The summed E-state index contributed by atoms with van der Waals surface area (Å²) in [5, 5.41) is 3.72. The topological polar surface area (TPSA) is 76.1 Å². The molecule has 0 radical (unpaired) electrons. The van der Waals surface area contributed by atoms with E-state index in [9.17, 15) is 13.2 Å². The molecule has 11 heteroatoms. The van der Waals surface area contributed by atoms with Gasteiger partial charge in [0.2, 0.25) is 11.9 Å². The largest absolute Gasteiger partial charge is 0.416 e. The summed E-state index contributed by atoms with van der Waals surface area (Å²) in [6.45, 7) is 4.34. The number of nitrogens with zero attached hydrogens (tertiary/aromatic N) is 5. The van der Waals surface area contributed by atoms with Gasteiger partial charge in [-0.1, -0.05) is 18.2 Å². The maximum absolute atomic E-state index is 13.0. The monoisotopic (exact) mass is 448 g/mol. The van der Waals surface area contributed by atoms with Crippen molar-refractivity contribution in [2.24, 2.45) is 0 Å². The molecule has 3 heterocycles. The third-order valence-corrected chi connectivity index (χ3v) is 5.24. The van der Waals surface area contributed by atoms with Gasteiger partial charge in [-0.15, -0.1) is 11.3 Å². The van der Waals surface area contributed by atoms with E-state index in [2.05, 4.69) is 25.3 Å². The molecule has 7 nitrogen and oxygen atoms in total. The van der Waals surface area contributed by atoms with E-state index in [-0.39, 0.29) is 0 Å². The number of rotatable bonds is 5. The van der Waals surface area contributed by atoms with Crippen molar-refractivity contribution >= 4 is 40.5 Å². The fourth-order valence-electron chi connectivity index (χ4n) is 2.91. The van der Waals surface area contributed by atoms with Crippen LogP contribution in [-0.2, 0) is 10.9 Å². The molecule has 2 aromatic heterocycles. The van der Waals surface area contributed by atoms with Gasteiger partial charge < -0.3 is 9.64 Å². The zero-order valence-corrected chi connectivity index (χ0v) is 17.4. The molecule has 1 aromatic carbocycles. The van der Waals surface area contributed by atoms with Gasteiger partial charge in [0.05, 0.1) is 18.8 Å². The summed E-state index contributed by atoms with van der Waals surface area (Å²) < 4.78 is 44.3. The number of benzene rings is 1. The quantitative estimate of drug-likeness (QED) is 0.620. The summed E-state index contributed by atoms with van der Waals surface area (Å²) >= 11 is 1.46. The molecule has 31 heavy (non-hydrogen) atoms. The Balaban J connectivity index is 1.63. The van der Waals surface area contributed by atoms with Gasteiger partial charge in [-0.3, -0.25) is 5.32 Å². The molecule has 0 unspecified atom stereocenters. The van der Waals surface area contributed by atoms with Crippen molar-refractivity contribution in [1.29, 1.82) is 0 Å². The summed E-state index contributed by atoms with van der Waals surface area (Å²) in [7, 11) is 0. The van der Waals surface area contributed by atoms with Crippen LogP contribution in [0.5, 0.6) is 0 Å². The highest BCUT2D eigenvalue weighted by Crippen LogP contribution is 2.30. The Morgan fingerprint density at radius 3 is 2.65 bits per heavy atom. The first-order chi connectivity index (χ1) is 14.9. The van der Waals surface area contributed by atoms with Gasteiger partial charge >= 0.3 is 6.18 Å². The van der Waals surface area contributed by atoms with Crippen LogP contribution < -0.4 is 10.2 Å². The molecule has 0 saturated carbocycles. The average Bonchev–Trinajstić information content (AvgIpc) is 3.17. The molecule has 1 saturated heterocycles. The smallest absolute Gasteiger partial charge is 0.378 e. The number of anilines is 3. The molecule has 162 valence electrons. The molecule has 0 bridgehead atoms. The van der Waals surface area contributed by atoms with Crippen LogP contribution in [0, 0.1) is 6.92 Å². The summed E-state index contributed by atoms with van der Waals surface area (Å²) in [5.41, 5.74) is -0.311. The van der Waals surface area contributed by atoms with Gasteiger partial charge in [0.1, 0.15) is 0 Å². The van der Waals surface area contributed by atoms with Crippen LogP contribution in [0.4, 0.5) is 30.2 Å². The lowest BCUT2D eigenvalue weighted by Crippen LogP contribution is -2.37. The van der Waals surface area contributed by atoms with Crippen LogP contribution in [-0.4, -0.2) is 46.2 Å². The second-order valence-corrected chi connectivity index (χ2v) is 8.01. The standard InChI is InChI=1S/C20H19F3N6OS/c1-13-12-24-19(31-13)28-17-25-16(26-18(27-17)29-7-9-30-10-8-29)6-5-14-3-2-4-15(11-14)20(21,22)23/h2-6,11-12H,7-10H2,1H3,(H,24,25,26,27,28)/b6-5+. The van der Waals surface area contributed by atoms with E-state index < -0.39 is 11.7 Å². The molecule has 3 aromatic rings. The lowest BCUT2D eigenvalue weighted by molar-refractivity contribution is -0.137. The van der Waals surface area contributed by atoms with Crippen molar-refractivity contribution in [3.63, 3.8) is 0 Å². The van der Waals surface area contributed by atoms with E-state index in [0.717, 1.165) is 17.0 Å². The Hall–Kier alpha value is -3.05. The first kappa shape index (κ1) is 21.2. The molecule has 0 aliphatic carbocycles. The van der Waals surface area contributed by atoms with Crippen LogP contribution in [0.25, 0.3) is 12.2 Å². The van der Waals surface area contributed by atoms with E-state index in [0.29, 0.717) is 54.7 Å². The fourth-order valence-corrected chi connectivity index (χ4v) is 3.57. The van der Waals surface area contributed by atoms with Crippen molar-refractivity contribution in [3.8, 4) is 0 Å². The normalized spacial score (nSPS) is 14.9. The van der Waals surface area contributed by atoms with E-state index in [1.165, 1.54) is 17.4 Å². The third-order valence-electron chi connectivity index (χ3n) is 4.41. The first-order valence-electron chi connectivity index (χ1n) is 9.50. The minimum Gasteiger partial charge on any atom is -0.378 e. The van der Waals surface area contributed by atoms with Crippen molar-refractivity contribution in [2.75, 3.05) is 36.5 Å². The van der Waals surface area contributed by atoms with E-state index >= 15 is 0 Å². The minimum atomic E-state index is -4.40. The number of morpholine rings is 1. The van der Waals surface area contributed by atoms with Crippen LogP contribution in [0.1, 0.15) is 21.8 Å². The lowest BCUT2D eigenvalue weighted by atomic mass is 10.1. The number of aryl methyl sites for hydroxylation is 1. The van der Waals surface area contributed by atoms with Crippen LogP contribution in [0.2, 0.25) is 0 Å². The zero-order chi connectivity index (χ0) is 21.8. The predicted octanol–water partition coefficient (Wildman–Crippen LogP) is 4.41. The third kappa shape index (κ3) is 5.56. The predicted molar refractivity (Wildman–Crippen MR) is 113 cm³/mol. The average molecular weight is 448 g/mol. The second kappa shape index (κ2) is 8.98. The second-order valence-electron chi connectivity index (χ2n) is 6.77. The van der Waals surface area contributed by atoms with Crippen LogP contribution in [0.15, 0.2) is 30.5 Å². The number of hydrogen-bond acceptors (Lipinski definition) is 8. The summed E-state index contributed by atoms with van der Waals surface area (Å²) in [4.78, 5) is 20.6. The Bertz CT molecular complexity index is 1080. The maximum Gasteiger partial charge on any atom is 0.416 e. The van der Waals surface area contributed by atoms with Gasteiger partial charge in [0.15, 0.2) is 11.0 Å². The van der Waals surface area contributed by atoms with Crippen molar-refractivity contribution < 1.29 is 17.9 Å². The van der Waals surface area contributed by atoms with Crippen molar-refractivity contribution in [3.05, 3.63) is 52.3 Å². The molecule has 4 rings (SSSR count). The van der Waals surface area contributed by atoms with Gasteiger partial charge in [-0.05, 0) is 30.7 Å². The molecule has 0 atom stereocenters. The van der Waals surface area contributed by atoms with Crippen LogP contribution in [0.3, 0.4) is 0 Å². The van der Waals surface area contributed by atoms with Crippen molar-refractivity contribution in [1.82, 2.24) is 19.9 Å². The zero-order valence-electron chi connectivity index (χ0n) is 16.6. The number of halogens is 3. The molecular formula is C20H19F3N6OS. The number of hydrogen-bond donors (Lipinski definition) is 1. The van der Waals surface area contributed by atoms with E-state index in [1.807, 2.05) is 11.8 Å². The summed E-state index contributed by atoms with van der Waals surface area (Å²) in [6, 6.07) is 5.08. The Morgan fingerprint density at radius 2 is 1.94 bits per heavy atom. The number of ether oxygens (including phenoxy) is 1. The summed E-state index contributed by atoms with van der Waals surface area (Å²) in [5.74, 6) is 1.11. The Kier molecular flexibility index (Phi) is 6.14. The van der Waals surface area contributed by atoms with Crippen molar-refractivity contribution in [2.45, 2.75) is 13.1 Å². The minimum absolute atomic E-state index is 0.314. The van der Waals surface area contributed by atoms with Gasteiger partial charge in [-0.2, -0.15) is 28.1 Å². The molecule has 1 aliphatic heterocycles. The number of nitrogens with one attached hydrogen (secondary N) is 1. The van der Waals surface area contributed by atoms with E-state index in [1.54, 1.807) is 24.4 Å². The number of thiazole rings is 1. The molecule has 1 aliphatic rings. The molecule has 0 amide bonds. The molecular weight excluding hydrogens is 429 g/mol. The number of aromatic nitrogens is 4. The molecule has 1 fully saturated rings. The SMILES string of the molecule is Cc1cnc(Nc2nc(/C=C/c3cccc(C(F)(F)F)c3)nc(N3CCOCC3)n2)s1. The number of alkyl halides is 3. The lowest BCUT2D eigenvalue weighted by Gasteiger charge is -2.26. The maximum atomic E-state index is 13.0. The highest BCUT2D eigenvalue weighted by Gasteiger charge is 2.30. The van der Waals surface area contributed by atoms with Gasteiger partial charge in [0, 0.05) is 24.2 Å². The van der Waals surface area contributed by atoms with Crippen LogP contribution >= 0.6 is 11.3 Å². The molecule has 1 N–H and O–H groups in total. The Labute approximate surface area is 180 Å². The summed E-state index contributed by atoms with van der Waals surface area (Å²) in [6.07, 6.45) is 0.458. The first-order valence-corrected chi connectivity index (χ1v) is 10.3. The van der Waals surface area contributed by atoms with Gasteiger partial charge in [0.25, 0.3) is 0 Å². The highest BCUT2D eigenvalue weighted by molar-refractivity contribution is 7.15. The van der Waals surface area contributed by atoms with E-state index in [4.69, 9.17) is 4.74 Å². The molecule has 0 spiro atoms. The Morgan fingerprint density at radius 1 is 1.13 bits per heavy atom.